The minimum atomic E-state index is 0.623. The highest BCUT2D eigenvalue weighted by atomic mass is 15.0. The number of pyridine rings is 1. The molecule has 5 heteroatoms. The molecule has 0 aliphatic carbocycles. The number of nitrogens with zero attached hydrogens (tertiary/aromatic N) is 5. The number of para-hydroxylation sites is 3. The maximum Gasteiger partial charge on any atom is 0.164 e. The third kappa shape index (κ3) is 5.94. The van der Waals surface area contributed by atoms with Crippen molar-refractivity contribution < 1.29 is 0 Å². The highest BCUT2D eigenvalue weighted by Crippen LogP contribution is 2.42. The number of benzene rings is 9. The average Bonchev–Trinajstić information content (AvgIpc) is 3.66. The Hall–Kier alpha value is -8.28. The Bertz CT molecular complexity index is 3560. The van der Waals surface area contributed by atoms with Gasteiger partial charge in [-0.05, 0) is 58.1 Å². The van der Waals surface area contributed by atoms with Crippen LogP contribution in [0.3, 0.4) is 0 Å². The summed E-state index contributed by atoms with van der Waals surface area (Å²) in [5.74, 6) is 1.90. The van der Waals surface area contributed by atoms with Gasteiger partial charge in [0.15, 0.2) is 17.5 Å². The number of aromatic nitrogens is 5. The second kappa shape index (κ2) is 14.2. The van der Waals surface area contributed by atoms with Gasteiger partial charge in [-0.15, -0.1) is 0 Å². The molecule has 0 spiro atoms. The van der Waals surface area contributed by atoms with Crippen molar-refractivity contribution in [2.24, 2.45) is 0 Å². The van der Waals surface area contributed by atoms with Crippen LogP contribution in [0.5, 0.6) is 0 Å². The molecule has 3 heterocycles. The molecule has 61 heavy (non-hydrogen) atoms. The van der Waals surface area contributed by atoms with Crippen LogP contribution < -0.4 is 0 Å². The third-order valence-corrected chi connectivity index (χ3v) is 11.8. The highest BCUT2D eigenvalue weighted by molar-refractivity contribution is 6.21. The maximum absolute atomic E-state index is 5.64. The first-order valence-corrected chi connectivity index (χ1v) is 20.6. The van der Waals surface area contributed by atoms with Crippen molar-refractivity contribution >= 4 is 54.3 Å². The van der Waals surface area contributed by atoms with Crippen LogP contribution in [-0.2, 0) is 0 Å². The Labute approximate surface area is 351 Å². The first kappa shape index (κ1) is 34.7. The van der Waals surface area contributed by atoms with Crippen LogP contribution in [-0.4, -0.2) is 24.5 Å². The molecule has 0 saturated carbocycles. The Morgan fingerprint density at radius 3 is 1.56 bits per heavy atom. The van der Waals surface area contributed by atoms with E-state index in [1.807, 2.05) is 60.7 Å². The van der Waals surface area contributed by atoms with Crippen LogP contribution in [0.15, 0.2) is 212 Å². The normalized spacial score (nSPS) is 11.6. The Morgan fingerprint density at radius 2 is 0.852 bits per heavy atom. The lowest BCUT2D eigenvalue weighted by Crippen LogP contribution is -2.00. The molecule has 0 fully saturated rings. The first-order chi connectivity index (χ1) is 30.2. The van der Waals surface area contributed by atoms with Crippen molar-refractivity contribution in [2.75, 3.05) is 0 Å². The molecule has 9 aromatic carbocycles. The molecule has 0 bridgehead atoms. The molecular weight excluding hydrogens is 743 g/mol. The van der Waals surface area contributed by atoms with Gasteiger partial charge in [0.1, 0.15) is 0 Å². The number of fused-ring (bicyclic) bond motifs is 7. The fraction of sp³-hybridized carbons (Fsp3) is 0. The molecule has 0 atom stereocenters. The van der Waals surface area contributed by atoms with E-state index in [9.17, 15) is 0 Å². The zero-order valence-corrected chi connectivity index (χ0v) is 32.9. The quantitative estimate of drug-likeness (QED) is 0.158. The summed E-state index contributed by atoms with van der Waals surface area (Å²) in [6.07, 6.45) is 0. The minimum absolute atomic E-state index is 0.623. The van der Waals surface area contributed by atoms with Gasteiger partial charge in [-0.1, -0.05) is 176 Å². The molecule has 5 nitrogen and oxygen atoms in total. The number of hydrogen-bond acceptors (Lipinski definition) is 4. The summed E-state index contributed by atoms with van der Waals surface area (Å²) in [6, 6.07) is 74.6. The number of rotatable bonds is 6. The van der Waals surface area contributed by atoms with Gasteiger partial charge in [0.25, 0.3) is 0 Å². The zero-order chi connectivity index (χ0) is 40.3. The molecule has 0 saturated heterocycles. The largest absolute Gasteiger partial charge is 0.309 e. The average molecular weight is 778 g/mol. The van der Waals surface area contributed by atoms with E-state index >= 15 is 0 Å². The van der Waals surface area contributed by atoms with Crippen LogP contribution in [0.25, 0.3) is 116 Å². The SMILES string of the molecule is c1ccc(-c2nc(-c3ccccc3)nc(-c3ccc(-c4cccc5c4nc(-c4ccc6ccccc6c4)c4cc6c7ccccc7n(-c7ccccc7)c6cc45)cc3)n2)cc1. The second-order valence-electron chi connectivity index (χ2n) is 15.4. The van der Waals surface area contributed by atoms with Gasteiger partial charge >= 0.3 is 0 Å². The Balaban J connectivity index is 1.07. The van der Waals surface area contributed by atoms with E-state index in [0.29, 0.717) is 17.5 Å². The fourth-order valence-electron chi connectivity index (χ4n) is 8.87. The van der Waals surface area contributed by atoms with E-state index in [4.69, 9.17) is 19.9 Å². The van der Waals surface area contributed by atoms with E-state index in [1.54, 1.807) is 0 Å². The van der Waals surface area contributed by atoms with Gasteiger partial charge in [0.2, 0.25) is 0 Å². The molecule has 3 aromatic heterocycles. The summed E-state index contributed by atoms with van der Waals surface area (Å²) >= 11 is 0. The van der Waals surface area contributed by atoms with Gasteiger partial charge in [0.05, 0.1) is 22.2 Å². The highest BCUT2D eigenvalue weighted by Gasteiger charge is 2.20. The lowest BCUT2D eigenvalue weighted by molar-refractivity contribution is 1.07. The molecule has 12 aromatic rings. The number of hydrogen-bond donors (Lipinski definition) is 0. The predicted molar refractivity (Wildman–Crippen MR) is 252 cm³/mol. The molecule has 0 aliphatic heterocycles. The molecule has 0 N–H and O–H groups in total. The van der Waals surface area contributed by atoms with Gasteiger partial charge in [-0.2, -0.15) is 0 Å². The molecule has 0 amide bonds. The molecule has 12 rings (SSSR count). The van der Waals surface area contributed by atoms with Crippen LogP contribution in [0.2, 0.25) is 0 Å². The van der Waals surface area contributed by atoms with Crippen LogP contribution in [0.1, 0.15) is 0 Å². The predicted octanol–water partition coefficient (Wildman–Crippen LogP) is 14.2. The summed E-state index contributed by atoms with van der Waals surface area (Å²) in [4.78, 5) is 20.5. The first-order valence-electron chi connectivity index (χ1n) is 20.6. The standard InChI is InChI=1S/C56H35N5/c1-4-16-38(17-5-1)54-58-55(39-18-6-2-7-19-39)60-56(59-54)40-30-28-37(29-31-40)44-24-14-25-46-47-35-51-48(45-23-12-13-26-50(45)61(51)43-21-8-3-9-22-43)34-49(47)52(57-53(44)46)42-32-27-36-15-10-11-20-41(36)33-42/h1-35H. The van der Waals surface area contributed by atoms with Gasteiger partial charge in [0, 0.05) is 55.0 Å². The van der Waals surface area contributed by atoms with E-state index < -0.39 is 0 Å². The van der Waals surface area contributed by atoms with Gasteiger partial charge < -0.3 is 4.57 Å². The van der Waals surface area contributed by atoms with Crippen LogP contribution in [0.4, 0.5) is 0 Å². The van der Waals surface area contributed by atoms with Crippen molar-refractivity contribution in [1.29, 1.82) is 0 Å². The fourth-order valence-corrected chi connectivity index (χ4v) is 8.87. The van der Waals surface area contributed by atoms with E-state index in [0.717, 1.165) is 72.0 Å². The van der Waals surface area contributed by atoms with Crippen LogP contribution in [0, 0.1) is 0 Å². The Morgan fingerprint density at radius 1 is 0.295 bits per heavy atom. The molecule has 284 valence electrons. The summed E-state index contributed by atoms with van der Waals surface area (Å²) in [5, 5.41) is 8.19. The summed E-state index contributed by atoms with van der Waals surface area (Å²) < 4.78 is 2.39. The van der Waals surface area contributed by atoms with Crippen molar-refractivity contribution in [2.45, 2.75) is 0 Å². The van der Waals surface area contributed by atoms with Gasteiger partial charge in [-0.3, -0.25) is 0 Å². The lowest BCUT2D eigenvalue weighted by atomic mass is 9.94. The molecule has 0 aliphatic rings. The van der Waals surface area contributed by atoms with Crippen molar-refractivity contribution in [3.63, 3.8) is 0 Å². The van der Waals surface area contributed by atoms with Crippen molar-refractivity contribution in [3.05, 3.63) is 212 Å². The summed E-state index contributed by atoms with van der Waals surface area (Å²) in [5.41, 5.74) is 11.4. The van der Waals surface area contributed by atoms with E-state index in [1.165, 1.54) is 27.1 Å². The van der Waals surface area contributed by atoms with E-state index in [-0.39, 0.29) is 0 Å². The topological polar surface area (TPSA) is 56.5 Å². The zero-order valence-electron chi connectivity index (χ0n) is 32.9. The smallest absolute Gasteiger partial charge is 0.164 e. The summed E-state index contributed by atoms with van der Waals surface area (Å²) in [6.45, 7) is 0. The van der Waals surface area contributed by atoms with Crippen molar-refractivity contribution in [1.82, 2.24) is 24.5 Å². The monoisotopic (exact) mass is 777 g/mol. The second-order valence-corrected chi connectivity index (χ2v) is 15.4. The van der Waals surface area contributed by atoms with Crippen molar-refractivity contribution in [3.8, 4) is 62.2 Å². The lowest BCUT2D eigenvalue weighted by Gasteiger charge is -2.15. The molecule has 0 radical (unpaired) electrons. The maximum atomic E-state index is 5.64. The third-order valence-electron chi connectivity index (χ3n) is 11.8. The van der Waals surface area contributed by atoms with Crippen LogP contribution >= 0.6 is 0 Å². The summed E-state index contributed by atoms with van der Waals surface area (Å²) in [7, 11) is 0. The van der Waals surface area contributed by atoms with Gasteiger partial charge in [-0.25, -0.2) is 19.9 Å². The van der Waals surface area contributed by atoms with E-state index in [2.05, 4.69) is 156 Å². The molecule has 0 unspecified atom stereocenters. The minimum Gasteiger partial charge on any atom is -0.309 e. The Kier molecular flexibility index (Phi) is 8.10. The molecular formula is C56H35N5.